The number of hydrogen-bond donors (Lipinski definition) is 2. The predicted molar refractivity (Wildman–Crippen MR) is 79.2 cm³/mol. The van der Waals surface area contributed by atoms with Crippen molar-refractivity contribution in [2.45, 2.75) is 22.8 Å². The van der Waals surface area contributed by atoms with E-state index in [0.717, 1.165) is 0 Å². The highest BCUT2D eigenvalue weighted by atomic mass is 32.2. The zero-order valence-electron chi connectivity index (χ0n) is 10.0. The molecule has 0 saturated carbocycles. The molecule has 0 bridgehead atoms. The van der Waals surface area contributed by atoms with Gasteiger partial charge in [0.1, 0.15) is 0 Å². The number of aliphatic hydroxyl groups excluding tert-OH is 1. The average molecular weight is 279 g/mol. The molecule has 1 aromatic heterocycles. The van der Waals surface area contributed by atoms with Crippen LogP contribution in [0.1, 0.15) is 5.56 Å². The first kappa shape index (κ1) is 13.6. The Morgan fingerprint density at radius 2 is 1.94 bits per heavy atom. The van der Waals surface area contributed by atoms with Crippen LogP contribution in [0.3, 0.4) is 0 Å². The minimum Gasteiger partial charge on any atom is -0.391 e. The Labute approximate surface area is 116 Å². The molecule has 2 unspecified atom stereocenters. The van der Waals surface area contributed by atoms with Gasteiger partial charge in [-0.3, -0.25) is 0 Å². The summed E-state index contributed by atoms with van der Waals surface area (Å²) in [6, 6.07) is 13.9. The van der Waals surface area contributed by atoms with Crippen molar-refractivity contribution in [3.8, 4) is 0 Å². The number of thiophene rings is 1. The van der Waals surface area contributed by atoms with Gasteiger partial charge in [0.05, 0.1) is 10.3 Å². The van der Waals surface area contributed by atoms with E-state index in [1.165, 1.54) is 9.77 Å². The fourth-order valence-electron chi connectivity index (χ4n) is 1.66. The molecule has 18 heavy (non-hydrogen) atoms. The molecule has 0 amide bonds. The molecule has 2 atom stereocenters. The molecule has 0 spiro atoms. The highest BCUT2D eigenvalue weighted by molar-refractivity contribution is 8.01. The van der Waals surface area contributed by atoms with Crippen LogP contribution < -0.4 is 5.73 Å². The van der Waals surface area contributed by atoms with E-state index in [1.807, 2.05) is 41.8 Å². The monoisotopic (exact) mass is 279 g/mol. The Balaban J connectivity index is 1.80. The number of hydrogen-bond acceptors (Lipinski definition) is 4. The lowest BCUT2D eigenvalue weighted by atomic mass is 10.0. The molecule has 1 heterocycles. The first-order valence-electron chi connectivity index (χ1n) is 5.89. The van der Waals surface area contributed by atoms with Gasteiger partial charge in [-0.05, 0) is 23.4 Å². The Morgan fingerprint density at radius 1 is 1.17 bits per heavy atom. The maximum atomic E-state index is 10.0. The van der Waals surface area contributed by atoms with Crippen LogP contribution in [0.2, 0.25) is 0 Å². The molecule has 0 radical (unpaired) electrons. The maximum absolute atomic E-state index is 10.0. The van der Waals surface area contributed by atoms with Crippen molar-refractivity contribution >= 4 is 23.1 Å². The predicted octanol–water partition coefficient (Wildman–Crippen LogP) is 2.77. The van der Waals surface area contributed by atoms with Gasteiger partial charge in [-0.15, -0.1) is 23.1 Å². The van der Waals surface area contributed by atoms with E-state index >= 15 is 0 Å². The Kier molecular flexibility index (Phi) is 5.26. The molecule has 0 aliphatic rings. The van der Waals surface area contributed by atoms with E-state index in [0.29, 0.717) is 12.2 Å². The van der Waals surface area contributed by atoms with Gasteiger partial charge in [-0.2, -0.15) is 0 Å². The number of aliphatic hydroxyl groups is 1. The summed E-state index contributed by atoms with van der Waals surface area (Å²) in [6.45, 7) is 0. The average Bonchev–Trinajstić information content (AvgIpc) is 2.90. The van der Waals surface area contributed by atoms with E-state index < -0.39 is 6.10 Å². The fraction of sp³-hybridized carbons (Fsp3) is 0.286. The van der Waals surface area contributed by atoms with Crippen molar-refractivity contribution in [2.75, 3.05) is 5.75 Å². The van der Waals surface area contributed by atoms with Gasteiger partial charge in [-0.25, -0.2) is 0 Å². The van der Waals surface area contributed by atoms with Crippen LogP contribution >= 0.6 is 23.1 Å². The second-order valence-electron chi connectivity index (χ2n) is 4.16. The van der Waals surface area contributed by atoms with E-state index in [-0.39, 0.29) is 6.04 Å². The Hall–Kier alpha value is -0.810. The second-order valence-corrected chi connectivity index (χ2v) is 6.43. The highest BCUT2D eigenvalue weighted by Crippen LogP contribution is 2.24. The van der Waals surface area contributed by atoms with Crippen molar-refractivity contribution in [3.63, 3.8) is 0 Å². The molecule has 2 rings (SSSR count). The maximum Gasteiger partial charge on any atom is 0.0788 e. The van der Waals surface area contributed by atoms with Crippen molar-refractivity contribution in [1.82, 2.24) is 0 Å². The normalized spacial score (nSPS) is 14.3. The lowest BCUT2D eigenvalue weighted by Gasteiger charge is -2.18. The van der Waals surface area contributed by atoms with Crippen LogP contribution in [0.25, 0.3) is 0 Å². The van der Waals surface area contributed by atoms with Crippen LogP contribution in [0.4, 0.5) is 0 Å². The third-order valence-corrected chi connectivity index (χ3v) is 4.93. The molecular formula is C14H17NOS2. The molecule has 2 nitrogen and oxygen atoms in total. The van der Waals surface area contributed by atoms with Gasteiger partial charge in [0.25, 0.3) is 0 Å². The lowest BCUT2D eigenvalue weighted by Crippen LogP contribution is -2.38. The molecule has 2 aromatic rings. The molecule has 4 heteroatoms. The molecule has 3 N–H and O–H groups in total. The van der Waals surface area contributed by atoms with Gasteiger partial charge in [-0.1, -0.05) is 36.4 Å². The summed E-state index contributed by atoms with van der Waals surface area (Å²) >= 11 is 3.35. The van der Waals surface area contributed by atoms with Crippen LogP contribution in [-0.4, -0.2) is 23.0 Å². The van der Waals surface area contributed by atoms with E-state index in [4.69, 9.17) is 5.73 Å². The second kappa shape index (κ2) is 6.95. The summed E-state index contributed by atoms with van der Waals surface area (Å²) in [5, 5.41) is 12.1. The van der Waals surface area contributed by atoms with Gasteiger partial charge in [0, 0.05) is 11.8 Å². The van der Waals surface area contributed by atoms with Gasteiger partial charge in [0.15, 0.2) is 0 Å². The molecule has 0 aliphatic carbocycles. The highest BCUT2D eigenvalue weighted by Gasteiger charge is 2.15. The van der Waals surface area contributed by atoms with Crippen LogP contribution in [0.5, 0.6) is 0 Å². The smallest absolute Gasteiger partial charge is 0.0788 e. The zero-order chi connectivity index (χ0) is 12.8. The standard InChI is InChI=1S/C14H17NOS2/c15-12(9-11-5-2-1-3-6-11)13(16)10-18-14-7-4-8-17-14/h1-8,12-13,16H,9-10,15H2. The summed E-state index contributed by atoms with van der Waals surface area (Å²) in [4.78, 5) is 0. The minimum absolute atomic E-state index is 0.208. The lowest BCUT2D eigenvalue weighted by molar-refractivity contribution is 0.168. The van der Waals surface area contributed by atoms with Crippen molar-refractivity contribution in [1.29, 1.82) is 0 Å². The molecule has 0 aliphatic heterocycles. The van der Waals surface area contributed by atoms with Crippen LogP contribution in [0.15, 0.2) is 52.1 Å². The largest absolute Gasteiger partial charge is 0.391 e. The van der Waals surface area contributed by atoms with Gasteiger partial charge >= 0.3 is 0 Å². The Bertz CT molecular complexity index is 444. The molecule has 0 fully saturated rings. The van der Waals surface area contributed by atoms with Crippen molar-refractivity contribution in [2.24, 2.45) is 5.73 Å². The quantitative estimate of drug-likeness (QED) is 0.799. The zero-order valence-corrected chi connectivity index (χ0v) is 11.7. The van der Waals surface area contributed by atoms with Crippen molar-refractivity contribution in [3.05, 3.63) is 53.4 Å². The number of thioether (sulfide) groups is 1. The number of rotatable bonds is 6. The first-order chi connectivity index (χ1) is 8.75. The molecule has 0 saturated heterocycles. The third-order valence-electron chi connectivity index (χ3n) is 2.70. The summed E-state index contributed by atoms with van der Waals surface area (Å²) in [5.74, 6) is 0.647. The first-order valence-corrected chi connectivity index (χ1v) is 7.76. The van der Waals surface area contributed by atoms with E-state index in [9.17, 15) is 5.11 Å². The summed E-state index contributed by atoms with van der Waals surface area (Å²) < 4.78 is 1.22. The summed E-state index contributed by atoms with van der Waals surface area (Å²) in [7, 11) is 0. The van der Waals surface area contributed by atoms with E-state index in [2.05, 4.69) is 6.07 Å². The number of nitrogens with two attached hydrogens (primary N) is 1. The van der Waals surface area contributed by atoms with Gasteiger partial charge in [0.2, 0.25) is 0 Å². The topological polar surface area (TPSA) is 46.2 Å². The minimum atomic E-state index is -0.475. The van der Waals surface area contributed by atoms with Crippen molar-refractivity contribution < 1.29 is 5.11 Å². The fourth-order valence-corrected chi connectivity index (χ4v) is 3.51. The summed E-state index contributed by atoms with van der Waals surface area (Å²) in [5.41, 5.74) is 7.20. The Morgan fingerprint density at radius 3 is 2.61 bits per heavy atom. The molecular weight excluding hydrogens is 262 g/mol. The molecule has 1 aromatic carbocycles. The molecule has 96 valence electrons. The van der Waals surface area contributed by atoms with Gasteiger partial charge < -0.3 is 10.8 Å². The third kappa shape index (κ3) is 4.14. The SMILES string of the molecule is NC(Cc1ccccc1)C(O)CSc1cccs1. The van der Waals surface area contributed by atoms with Crippen LogP contribution in [0, 0.1) is 0 Å². The van der Waals surface area contributed by atoms with E-state index in [1.54, 1.807) is 23.1 Å². The summed E-state index contributed by atoms with van der Waals surface area (Å²) in [6.07, 6.45) is 0.241. The van der Waals surface area contributed by atoms with Crippen LogP contribution in [-0.2, 0) is 6.42 Å². The number of benzene rings is 1.